The fourth-order valence-corrected chi connectivity index (χ4v) is 6.26. The van der Waals surface area contributed by atoms with Crippen LogP contribution in [0.15, 0.2) is 24.3 Å². The number of anilines is 1. The molecule has 4 aliphatic rings. The van der Waals surface area contributed by atoms with E-state index < -0.39 is 19.1 Å². The Hall–Kier alpha value is -2.72. The highest BCUT2D eigenvalue weighted by Crippen LogP contribution is 2.42. The van der Waals surface area contributed by atoms with Crippen LogP contribution in [0.2, 0.25) is 0 Å². The number of benzene rings is 1. The minimum Gasteiger partial charge on any atom is -0.485 e. The molecule has 0 radical (unpaired) electrons. The number of carbonyl (C=O) groups excluding carboxylic acids is 1. The number of rotatable bonds is 5. The first-order valence-electron chi connectivity index (χ1n) is 14.2. The number of alkyl halides is 2. The number of fused-ring (bicyclic) bond motifs is 3. The lowest BCUT2D eigenvalue weighted by molar-refractivity contribution is -0.686. The molecule has 10 heteroatoms. The Balaban J connectivity index is 1.31. The molecule has 1 N–H and O–H groups in total. The van der Waals surface area contributed by atoms with Crippen LogP contribution in [-0.2, 0) is 4.79 Å². The van der Waals surface area contributed by atoms with E-state index in [1.165, 1.54) is 24.2 Å². The molecule has 206 valence electrons. The first kappa shape index (κ1) is 25.6. The maximum Gasteiger partial charge on any atom is 0.309 e. The van der Waals surface area contributed by atoms with Crippen LogP contribution in [0.1, 0.15) is 44.6 Å². The lowest BCUT2D eigenvalue weighted by Gasteiger charge is -2.27. The second-order valence-corrected chi connectivity index (χ2v) is 11.4. The van der Waals surface area contributed by atoms with Crippen molar-refractivity contribution in [2.45, 2.75) is 50.5 Å². The predicted octanol–water partition coefficient (Wildman–Crippen LogP) is 2.63. The van der Waals surface area contributed by atoms with Crippen molar-refractivity contribution in [1.29, 1.82) is 0 Å². The number of amides is 1. The first-order valence-corrected chi connectivity index (χ1v) is 14.2. The first-order chi connectivity index (χ1) is 18.4. The topological polar surface area (TPSA) is 58.3 Å². The highest BCUT2D eigenvalue weighted by Gasteiger charge is 2.40. The van der Waals surface area contributed by atoms with Crippen molar-refractivity contribution in [3.63, 3.8) is 0 Å². The average molecular weight is 530 g/mol. The summed E-state index contributed by atoms with van der Waals surface area (Å²) in [6.07, 6.45) is 10.4. The molecular weight excluding hydrogens is 490 g/mol. The van der Waals surface area contributed by atoms with Gasteiger partial charge < -0.3 is 14.5 Å². The van der Waals surface area contributed by atoms with Crippen molar-refractivity contribution < 1.29 is 23.2 Å². The standard InChI is InChI=1S/C28H38F2N6O2/c1-32-19-28(29,30)20-38-23-11-10-22-25(26(23)32)36(27(31-22)34-16-17-34)21-8-3-6-15-35(18-21)24(37)9-7-14-33-12-4-2-5-13-33/h7,9-11,21H,2-6,8,12-20H2,1H3/p+1/b9-7+/t21-/m1/s1. The lowest BCUT2D eigenvalue weighted by atomic mass is 10.1. The number of quaternary nitrogens is 1. The van der Waals surface area contributed by atoms with E-state index in [1.807, 2.05) is 17.0 Å². The van der Waals surface area contributed by atoms with Gasteiger partial charge in [0.2, 0.25) is 5.91 Å². The number of aromatic nitrogens is 2. The zero-order valence-corrected chi connectivity index (χ0v) is 22.3. The molecule has 1 atom stereocenters. The summed E-state index contributed by atoms with van der Waals surface area (Å²) in [7, 11) is 1.71. The van der Waals surface area contributed by atoms with Crippen LogP contribution >= 0.6 is 0 Å². The number of piperidine rings is 1. The summed E-state index contributed by atoms with van der Waals surface area (Å²) in [6.45, 7) is 5.31. The maximum absolute atomic E-state index is 14.4. The Kier molecular flexibility index (Phi) is 7.03. The Morgan fingerprint density at radius 2 is 1.95 bits per heavy atom. The van der Waals surface area contributed by atoms with Crippen LogP contribution in [0.4, 0.5) is 20.4 Å². The minimum absolute atomic E-state index is 0.0220. The number of hydrogen-bond acceptors (Lipinski definition) is 5. The summed E-state index contributed by atoms with van der Waals surface area (Å²) >= 11 is 0. The van der Waals surface area contributed by atoms with Crippen LogP contribution in [0, 0.1) is 0 Å². The molecule has 8 nitrogen and oxygen atoms in total. The van der Waals surface area contributed by atoms with E-state index in [1.54, 1.807) is 24.1 Å². The number of hydrogen-bond donors (Lipinski definition) is 1. The summed E-state index contributed by atoms with van der Waals surface area (Å²) in [6, 6.07) is 3.68. The van der Waals surface area contributed by atoms with E-state index >= 15 is 0 Å². The zero-order valence-electron chi connectivity index (χ0n) is 22.3. The number of likely N-dealkylation sites (tertiary alicyclic amines) is 2. The molecule has 38 heavy (non-hydrogen) atoms. The smallest absolute Gasteiger partial charge is 0.309 e. The number of carbonyl (C=O) groups is 1. The molecule has 0 saturated carbocycles. The van der Waals surface area contributed by atoms with E-state index in [2.05, 4.69) is 9.47 Å². The van der Waals surface area contributed by atoms with Crippen LogP contribution < -0.4 is 14.5 Å². The van der Waals surface area contributed by atoms with Gasteiger partial charge in [0.1, 0.15) is 30.0 Å². The normalized spacial score (nSPS) is 24.8. The highest BCUT2D eigenvalue weighted by molar-refractivity contribution is 5.94. The molecular formula is C28H39F2N6O2+. The van der Waals surface area contributed by atoms with Gasteiger partial charge in [0, 0.05) is 32.8 Å². The van der Waals surface area contributed by atoms with Crippen molar-refractivity contribution in [2.24, 2.45) is 0 Å². The van der Waals surface area contributed by atoms with Crippen LogP contribution in [0.5, 0.6) is 5.75 Å². The van der Waals surface area contributed by atoms with Gasteiger partial charge in [-0.3, -0.25) is 19.2 Å². The third-order valence-corrected chi connectivity index (χ3v) is 8.29. The van der Waals surface area contributed by atoms with E-state index in [-0.39, 0.29) is 11.9 Å². The molecule has 0 aliphatic carbocycles. The van der Waals surface area contributed by atoms with Gasteiger partial charge in [-0.25, -0.2) is 8.78 Å². The largest absolute Gasteiger partial charge is 0.485 e. The number of nitrogens with one attached hydrogen (secondary N) is 1. The Labute approximate surface area is 222 Å². The van der Waals surface area contributed by atoms with E-state index in [0.29, 0.717) is 18.0 Å². The van der Waals surface area contributed by atoms with Gasteiger partial charge in [-0.1, -0.05) is 12.5 Å². The van der Waals surface area contributed by atoms with E-state index in [9.17, 15) is 13.6 Å². The maximum atomic E-state index is 14.4. The average Bonchev–Trinajstić information content (AvgIpc) is 3.72. The highest BCUT2D eigenvalue weighted by atomic mass is 19.3. The summed E-state index contributed by atoms with van der Waals surface area (Å²) in [4.78, 5) is 25.6. The molecule has 1 amide bonds. The molecule has 3 saturated heterocycles. The van der Waals surface area contributed by atoms with Crippen molar-refractivity contribution >= 4 is 28.6 Å². The Morgan fingerprint density at radius 1 is 1.16 bits per heavy atom. The molecule has 1 aromatic carbocycles. The molecule has 6 rings (SSSR count). The summed E-state index contributed by atoms with van der Waals surface area (Å²) < 4.78 is 36.8. The molecule has 0 bridgehead atoms. The fourth-order valence-electron chi connectivity index (χ4n) is 6.26. The number of nitrogens with zero attached hydrogens (tertiary/aromatic N) is 5. The van der Waals surface area contributed by atoms with Gasteiger partial charge in [-0.05, 0) is 57.3 Å². The van der Waals surface area contributed by atoms with Gasteiger partial charge in [-0.2, -0.15) is 4.98 Å². The van der Waals surface area contributed by atoms with E-state index in [0.717, 1.165) is 75.5 Å². The molecule has 2 aromatic rings. The second-order valence-electron chi connectivity index (χ2n) is 11.4. The molecule has 3 fully saturated rings. The van der Waals surface area contributed by atoms with Gasteiger partial charge >= 0.3 is 5.95 Å². The summed E-state index contributed by atoms with van der Waals surface area (Å²) in [5.74, 6) is -1.48. The van der Waals surface area contributed by atoms with E-state index in [4.69, 9.17) is 9.72 Å². The fraction of sp³-hybridized carbons (Fsp3) is 0.643. The second kappa shape index (κ2) is 10.4. The van der Waals surface area contributed by atoms with Gasteiger partial charge in [0.05, 0.1) is 18.1 Å². The SMILES string of the molecule is CN1CC(F)(F)COc2ccc3nc([NH+]4CC4)n([C@@H]4CCCCN(C(=O)/C=C/CN5CCCCC5)C4)c3c21. The Morgan fingerprint density at radius 3 is 2.74 bits per heavy atom. The monoisotopic (exact) mass is 529 g/mol. The third-order valence-electron chi connectivity index (χ3n) is 8.29. The van der Waals surface area contributed by atoms with Crippen LogP contribution in [0.25, 0.3) is 11.0 Å². The lowest BCUT2D eigenvalue weighted by Crippen LogP contribution is -2.87. The molecule has 0 unspecified atom stereocenters. The van der Waals surface area contributed by atoms with Crippen LogP contribution in [-0.4, -0.2) is 97.2 Å². The van der Waals surface area contributed by atoms with Gasteiger partial charge in [0.15, 0.2) is 6.61 Å². The predicted molar refractivity (Wildman–Crippen MR) is 143 cm³/mol. The molecule has 1 aromatic heterocycles. The quantitative estimate of drug-likeness (QED) is 0.477. The minimum atomic E-state index is -2.94. The summed E-state index contributed by atoms with van der Waals surface area (Å²) in [5, 5.41) is 0. The molecule has 0 spiro atoms. The Bertz CT molecular complexity index is 1200. The van der Waals surface area contributed by atoms with Gasteiger partial charge in [0.25, 0.3) is 5.92 Å². The van der Waals surface area contributed by atoms with Crippen molar-refractivity contribution in [3.05, 3.63) is 24.3 Å². The van der Waals surface area contributed by atoms with Crippen LogP contribution in [0.3, 0.4) is 0 Å². The van der Waals surface area contributed by atoms with Crippen molar-refractivity contribution in [1.82, 2.24) is 19.4 Å². The summed E-state index contributed by atoms with van der Waals surface area (Å²) in [5.41, 5.74) is 2.31. The van der Waals surface area contributed by atoms with Crippen molar-refractivity contribution in [3.8, 4) is 5.75 Å². The third kappa shape index (κ3) is 5.25. The molecule has 4 aliphatic heterocycles. The van der Waals surface area contributed by atoms with Gasteiger partial charge in [-0.15, -0.1) is 0 Å². The number of ether oxygens (including phenoxy) is 1. The number of imidazole rings is 1. The van der Waals surface area contributed by atoms with Crippen molar-refractivity contribution in [2.75, 3.05) is 70.9 Å². The number of halogens is 2. The molecule has 5 heterocycles. The zero-order chi connectivity index (χ0) is 26.3.